The van der Waals surface area contributed by atoms with Crippen molar-refractivity contribution in [3.8, 4) is 6.07 Å². The number of carbonyl (C=O) groups excluding carboxylic acids is 2. The lowest BCUT2D eigenvalue weighted by Gasteiger charge is -2.14. The molecule has 2 aromatic heterocycles. The molecule has 2 N–H and O–H groups in total. The number of nitrogens with one attached hydrogen (secondary N) is 2. The highest BCUT2D eigenvalue weighted by molar-refractivity contribution is 8.00. The number of pyridine rings is 1. The van der Waals surface area contributed by atoms with Crippen molar-refractivity contribution in [2.45, 2.75) is 51.5 Å². The molecule has 34 heavy (non-hydrogen) atoms. The van der Waals surface area contributed by atoms with Gasteiger partial charge in [-0.15, -0.1) is 11.3 Å². The summed E-state index contributed by atoms with van der Waals surface area (Å²) in [5.74, 6) is -0.375. The molecule has 0 aliphatic heterocycles. The highest BCUT2D eigenvalue weighted by atomic mass is 32.2. The largest absolute Gasteiger partial charge is 0.322 e. The number of thioether (sulfide) groups is 1. The average molecular weight is 491 g/mol. The molecule has 0 atom stereocenters. The maximum Gasteiger partial charge on any atom is 0.258 e. The number of nitriles is 1. The number of amides is 2. The number of para-hydroxylation sites is 1. The van der Waals surface area contributed by atoms with Crippen LogP contribution in [0.1, 0.15) is 56.0 Å². The summed E-state index contributed by atoms with van der Waals surface area (Å²) in [5, 5.41) is 16.7. The molecule has 0 spiro atoms. The molecular weight excluding hydrogens is 464 g/mol. The molecule has 0 radical (unpaired) electrons. The summed E-state index contributed by atoms with van der Waals surface area (Å²) < 4.78 is 0. The standard InChI is InChI=1S/C26H26N4O2S2/c1-15-8-4-6-10-20(15)29-24(32)23-16(2)12-17(3)28-26(23)33-14-22(31)30-25-19(13-27)18-9-5-7-11-21(18)34-25/h4,6,8,10,12H,5,7,9,11,14H2,1-3H3,(H,29,32)(H,30,31). The fourth-order valence-electron chi connectivity index (χ4n) is 4.15. The summed E-state index contributed by atoms with van der Waals surface area (Å²) in [5.41, 5.74) is 5.45. The normalized spacial score (nSPS) is 12.5. The SMILES string of the molecule is Cc1cc(C)c(C(=O)Nc2ccccc2C)c(SCC(=O)Nc2sc3c(c2C#N)CCCC3)n1. The molecule has 2 amide bonds. The number of hydrogen-bond donors (Lipinski definition) is 2. The third kappa shape index (κ3) is 5.16. The predicted octanol–water partition coefficient (Wildman–Crippen LogP) is 5.80. The van der Waals surface area contributed by atoms with Crippen LogP contribution >= 0.6 is 23.1 Å². The number of carbonyl (C=O) groups is 2. The first kappa shape index (κ1) is 24.0. The van der Waals surface area contributed by atoms with Gasteiger partial charge in [0.15, 0.2) is 0 Å². The van der Waals surface area contributed by atoms with E-state index >= 15 is 0 Å². The van der Waals surface area contributed by atoms with Gasteiger partial charge < -0.3 is 10.6 Å². The number of thiophene rings is 1. The molecule has 8 heteroatoms. The van der Waals surface area contributed by atoms with Crippen LogP contribution in [0.4, 0.5) is 10.7 Å². The van der Waals surface area contributed by atoms with E-state index in [2.05, 4.69) is 21.7 Å². The second-order valence-corrected chi connectivity index (χ2v) is 10.5. The van der Waals surface area contributed by atoms with Crippen molar-refractivity contribution in [1.29, 1.82) is 5.26 Å². The Morgan fingerprint density at radius 3 is 2.65 bits per heavy atom. The second-order valence-electron chi connectivity index (χ2n) is 8.39. The zero-order valence-electron chi connectivity index (χ0n) is 19.4. The summed E-state index contributed by atoms with van der Waals surface area (Å²) in [6.07, 6.45) is 4.05. The maximum absolute atomic E-state index is 13.2. The van der Waals surface area contributed by atoms with Crippen LogP contribution in [0.2, 0.25) is 0 Å². The molecular formula is C26H26N4O2S2. The Hall–Kier alpha value is -3.15. The van der Waals surface area contributed by atoms with Crippen molar-refractivity contribution < 1.29 is 9.59 Å². The van der Waals surface area contributed by atoms with Crippen molar-refractivity contribution in [3.63, 3.8) is 0 Å². The number of aryl methyl sites for hydroxylation is 4. The lowest BCUT2D eigenvalue weighted by atomic mass is 9.96. The van der Waals surface area contributed by atoms with Crippen LogP contribution in [0.3, 0.4) is 0 Å². The first-order valence-electron chi connectivity index (χ1n) is 11.2. The molecule has 6 nitrogen and oxygen atoms in total. The number of anilines is 2. The fourth-order valence-corrected chi connectivity index (χ4v) is 6.35. The summed E-state index contributed by atoms with van der Waals surface area (Å²) in [4.78, 5) is 31.7. The van der Waals surface area contributed by atoms with Gasteiger partial charge in [-0.2, -0.15) is 5.26 Å². The van der Waals surface area contributed by atoms with Crippen LogP contribution < -0.4 is 10.6 Å². The van der Waals surface area contributed by atoms with Gasteiger partial charge >= 0.3 is 0 Å². The zero-order chi connectivity index (χ0) is 24.2. The molecule has 1 aliphatic carbocycles. The third-order valence-electron chi connectivity index (χ3n) is 5.81. The van der Waals surface area contributed by atoms with E-state index in [1.807, 2.05) is 51.1 Å². The average Bonchev–Trinajstić information content (AvgIpc) is 3.15. The van der Waals surface area contributed by atoms with Crippen LogP contribution in [0.15, 0.2) is 35.4 Å². The van der Waals surface area contributed by atoms with Gasteiger partial charge in [0.1, 0.15) is 16.1 Å². The van der Waals surface area contributed by atoms with Crippen molar-refractivity contribution in [2.24, 2.45) is 0 Å². The smallest absolute Gasteiger partial charge is 0.258 e. The molecule has 0 fully saturated rings. The minimum Gasteiger partial charge on any atom is -0.322 e. The van der Waals surface area contributed by atoms with E-state index < -0.39 is 0 Å². The molecule has 0 saturated carbocycles. The Balaban J connectivity index is 1.50. The van der Waals surface area contributed by atoms with Crippen LogP contribution in [0, 0.1) is 32.1 Å². The Bertz CT molecular complexity index is 1310. The number of aromatic nitrogens is 1. The molecule has 174 valence electrons. The van der Waals surface area contributed by atoms with Gasteiger partial charge in [0.25, 0.3) is 5.91 Å². The van der Waals surface area contributed by atoms with Crippen LogP contribution in [0.25, 0.3) is 0 Å². The Morgan fingerprint density at radius 2 is 1.88 bits per heavy atom. The molecule has 1 aromatic carbocycles. The number of rotatable bonds is 6. The summed E-state index contributed by atoms with van der Waals surface area (Å²) in [6.45, 7) is 5.68. The Labute approximate surface area is 207 Å². The lowest BCUT2D eigenvalue weighted by Crippen LogP contribution is -2.18. The minimum absolute atomic E-state index is 0.0912. The Kier molecular flexibility index (Phi) is 7.35. The van der Waals surface area contributed by atoms with E-state index in [1.54, 1.807) is 0 Å². The van der Waals surface area contributed by atoms with E-state index in [0.717, 1.165) is 53.8 Å². The van der Waals surface area contributed by atoms with Crippen molar-refractivity contribution in [2.75, 3.05) is 16.4 Å². The Morgan fingerprint density at radius 1 is 1.12 bits per heavy atom. The summed E-state index contributed by atoms with van der Waals surface area (Å²) in [7, 11) is 0. The van der Waals surface area contributed by atoms with Crippen LogP contribution in [-0.2, 0) is 17.6 Å². The lowest BCUT2D eigenvalue weighted by molar-refractivity contribution is -0.113. The van der Waals surface area contributed by atoms with E-state index in [0.29, 0.717) is 21.2 Å². The van der Waals surface area contributed by atoms with E-state index in [9.17, 15) is 14.9 Å². The summed E-state index contributed by atoms with van der Waals surface area (Å²) >= 11 is 2.74. The number of benzene rings is 1. The minimum atomic E-state index is -0.250. The van der Waals surface area contributed by atoms with Gasteiger partial charge in [0, 0.05) is 16.3 Å². The molecule has 2 heterocycles. The zero-order valence-corrected chi connectivity index (χ0v) is 21.1. The summed E-state index contributed by atoms with van der Waals surface area (Å²) in [6, 6.07) is 11.7. The molecule has 0 saturated heterocycles. The monoisotopic (exact) mass is 490 g/mol. The van der Waals surface area contributed by atoms with Crippen molar-refractivity contribution in [1.82, 2.24) is 4.98 Å². The highest BCUT2D eigenvalue weighted by Gasteiger charge is 2.23. The predicted molar refractivity (Wildman–Crippen MR) is 138 cm³/mol. The molecule has 1 aliphatic rings. The van der Waals surface area contributed by atoms with Crippen molar-refractivity contribution in [3.05, 3.63) is 68.7 Å². The van der Waals surface area contributed by atoms with Gasteiger partial charge in [-0.05, 0) is 75.3 Å². The van der Waals surface area contributed by atoms with E-state index in [-0.39, 0.29) is 17.6 Å². The molecule has 3 aromatic rings. The topological polar surface area (TPSA) is 94.9 Å². The number of nitrogens with zero attached hydrogens (tertiary/aromatic N) is 2. The van der Waals surface area contributed by atoms with Gasteiger partial charge in [-0.25, -0.2) is 4.98 Å². The van der Waals surface area contributed by atoms with E-state index in [1.165, 1.54) is 28.0 Å². The number of hydrogen-bond acceptors (Lipinski definition) is 6. The molecule has 0 unspecified atom stereocenters. The van der Waals surface area contributed by atoms with Crippen LogP contribution in [-0.4, -0.2) is 22.6 Å². The number of fused-ring (bicyclic) bond motifs is 1. The second kappa shape index (κ2) is 10.4. The molecule has 4 rings (SSSR count). The van der Waals surface area contributed by atoms with Gasteiger partial charge in [-0.3, -0.25) is 9.59 Å². The highest BCUT2D eigenvalue weighted by Crippen LogP contribution is 2.37. The first-order valence-corrected chi connectivity index (χ1v) is 13.0. The third-order valence-corrected chi connectivity index (χ3v) is 7.99. The van der Waals surface area contributed by atoms with E-state index in [4.69, 9.17) is 0 Å². The van der Waals surface area contributed by atoms with Gasteiger partial charge in [-0.1, -0.05) is 30.0 Å². The van der Waals surface area contributed by atoms with Gasteiger partial charge in [0.2, 0.25) is 5.91 Å². The fraction of sp³-hybridized carbons (Fsp3) is 0.308. The maximum atomic E-state index is 13.2. The van der Waals surface area contributed by atoms with Crippen molar-refractivity contribution >= 4 is 45.6 Å². The quantitative estimate of drug-likeness (QED) is 0.426. The van der Waals surface area contributed by atoms with Gasteiger partial charge in [0.05, 0.1) is 16.9 Å². The first-order chi connectivity index (χ1) is 16.4. The molecule has 0 bridgehead atoms. The van der Waals surface area contributed by atoms with Crippen LogP contribution in [0.5, 0.6) is 0 Å².